The maximum atomic E-state index is 11.5. The molecule has 25 heavy (non-hydrogen) atoms. The standard InChI is InChI=1S/C17H15ClN2O4S/c18-15-11-13(8-9-16(15)25(19,22)23)7-4-10-20-17(21)24-12-14-5-2-1-3-6-14/h1-3,5-6,8-9,11H,10,12H2,(H,20,21)(H2,19,22,23). The number of primary sulfonamides is 1. The molecule has 0 unspecified atom stereocenters. The average molecular weight is 379 g/mol. The van der Waals surface area contributed by atoms with Crippen LogP contribution in [0, 0.1) is 11.8 Å². The first-order valence-electron chi connectivity index (χ1n) is 7.12. The van der Waals surface area contributed by atoms with E-state index in [1.165, 1.54) is 18.2 Å². The first-order chi connectivity index (χ1) is 11.9. The van der Waals surface area contributed by atoms with E-state index in [1.54, 1.807) is 0 Å². The monoisotopic (exact) mass is 378 g/mol. The van der Waals surface area contributed by atoms with Crippen molar-refractivity contribution < 1.29 is 17.9 Å². The second kappa shape index (κ2) is 8.53. The van der Waals surface area contributed by atoms with Crippen molar-refractivity contribution in [2.45, 2.75) is 11.5 Å². The molecule has 0 fully saturated rings. The summed E-state index contributed by atoms with van der Waals surface area (Å²) in [5.41, 5.74) is 1.38. The highest BCUT2D eigenvalue weighted by Gasteiger charge is 2.12. The van der Waals surface area contributed by atoms with Crippen LogP contribution in [0.2, 0.25) is 5.02 Å². The van der Waals surface area contributed by atoms with Crippen LogP contribution in [0.4, 0.5) is 4.79 Å². The van der Waals surface area contributed by atoms with Gasteiger partial charge in [0.2, 0.25) is 10.0 Å². The predicted octanol–water partition coefficient (Wildman–Crippen LogP) is 2.27. The fraction of sp³-hybridized carbons (Fsp3) is 0.118. The number of benzene rings is 2. The Kier molecular flexibility index (Phi) is 6.42. The van der Waals surface area contributed by atoms with E-state index in [0.29, 0.717) is 5.56 Å². The van der Waals surface area contributed by atoms with Crippen molar-refractivity contribution in [1.29, 1.82) is 0 Å². The van der Waals surface area contributed by atoms with Gasteiger partial charge < -0.3 is 10.1 Å². The number of hydrogen-bond donors (Lipinski definition) is 2. The topological polar surface area (TPSA) is 98.5 Å². The molecule has 0 bridgehead atoms. The number of nitrogens with one attached hydrogen (secondary N) is 1. The number of amides is 1. The largest absolute Gasteiger partial charge is 0.445 e. The molecule has 0 aliphatic rings. The van der Waals surface area contributed by atoms with Crippen molar-refractivity contribution in [2.75, 3.05) is 6.54 Å². The highest BCUT2D eigenvalue weighted by atomic mass is 35.5. The van der Waals surface area contributed by atoms with E-state index in [0.717, 1.165) is 5.56 Å². The zero-order valence-corrected chi connectivity index (χ0v) is 14.6. The fourth-order valence-corrected chi connectivity index (χ4v) is 2.94. The molecule has 0 aliphatic carbocycles. The normalized spacial score (nSPS) is 10.5. The third-order valence-electron chi connectivity index (χ3n) is 3.01. The van der Waals surface area contributed by atoms with E-state index in [1.807, 2.05) is 30.3 Å². The van der Waals surface area contributed by atoms with Crippen molar-refractivity contribution in [3.63, 3.8) is 0 Å². The Hall–Kier alpha value is -2.53. The smallest absolute Gasteiger partial charge is 0.408 e. The molecule has 3 N–H and O–H groups in total. The third kappa shape index (κ3) is 6.12. The van der Waals surface area contributed by atoms with Crippen LogP contribution in [0.3, 0.4) is 0 Å². The molecule has 0 aliphatic heterocycles. The molecule has 0 atom stereocenters. The van der Waals surface area contributed by atoms with Crippen LogP contribution in [0.1, 0.15) is 11.1 Å². The highest BCUT2D eigenvalue weighted by Crippen LogP contribution is 2.20. The van der Waals surface area contributed by atoms with Gasteiger partial charge in [0, 0.05) is 5.56 Å². The maximum absolute atomic E-state index is 11.5. The van der Waals surface area contributed by atoms with Gasteiger partial charge in [0.15, 0.2) is 0 Å². The number of halogens is 1. The van der Waals surface area contributed by atoms with Crippen LogP contribution in [0.25, 0.3) is 0 Å². The summed E-state index contributed by atoms with van der Waals surface area (Å²) in [4.78, 5) is 11.4. The van der Waals surface area contributed by atoms with Gasteiger partial charge in [-0.1, -0.05) is 53.8 Å². The Morgan fingerprint density at radius 1 is 1.20 bits per heavy atom. The number of alkyl carbamates (subject to hydrolysis) is 1. The Morgan fingerprint density at radius 2 is 1.92 bits per heavy atom. The van der Waals surface area contributed by atoms with E-state index in [4.69, 9.17) is 21.5 Å². The molecule has 0 aromatic heterocycles. The van der Waals surface area contributed by atoms with E-state index < -0.39 is 16.1 Å². The van der Waals surface area contributed by atoms with Gasteiger partial charge in [0.05, 0.1) is 11.6 Å². The first kappa shape index (κ1) is 18.8. The summed E-state index contributed by atoms with van der Waals surface area (Å²) in [7, 11) is -3.87. The van der Waals surface area contributed by atoms with Crippen molar-refractivity contribution in [2.24, 2.45) is 5.14 Å². The van der Waals surface area contributed by atoms with Crippen LogP contribution in [0.5, 0.6) is 0 Å². The zero-order valence-electron chi connectivity index (χ0n) is 13.0. The van der Waals surface area contributed by atoms with Crippen LogP contribution < -0.4 is 10.5 Å². The molecule has 0 heterocycles. The Bertz CT molecular complexity index is 919. The number of rotatable bonds is 4. The van der Waals surface area contributed by atoms with Gasteiger partial charge in [-0.05, 0) is 23.8 Å². The summed E-state index contributed by atoms with van der Waals surface area (Å²) in [6, 6.07) is 13.4. The van der Waals surface area contributed by atoms with Crippen LogP contribution in [0.15, 0.2) is 53.4 Å². The highest BCUT2D eigenvalue weighted by molar-refractivity contribution is 7.89. The van der Waals surface area contributed by atoms with Crippen LogP contribution in [-0.4, -0.2) is 21.1 Å². The lowest BCUT2D eigenvalue weighted by Crippen LogP contribution is -2.24. The molecular weight excluding hydrogens is 364 g/mol. The number of carbonyl (C=O) groups excluding carboxylic acids is 1. The lowest BCUT2D eigenvalue weighted by atomic mass is 10.2. The number of ether oxygens (including phenoxy) is 1. The van der Waals surface area contributed by atoms with Gasteiger partial charge in [-0.3, -0.25) is 0 Å². The quantitative estimate of drug-likeness (QED) is 0.797. The second-order valence-electron chi connectivity index (χ2n) is 4.91. The van der Waals surface area contributed by atoms with Gasteiger partial charge in [-0.25, -0.2) is 18.4 Å². The zero-order chi connectivity index (χ0) is 18.3. The number of carbonyl (C=O) groups is 1. The maximum Gasteiger partial charge on any atom is 0.408 e. The number of hydrogen-bond acceptors (Lipinski definition) is 4. The molecule has 1 amide bonds. The molecule has 2 rings (SSSR count). The molecule has 0 radical (unpaired) electrons. The Balaban J connectivity index is 1.84. The van der Waals surface area contributed by atoms with E-state index in [2.05, 4.69) is 17.2 Å². The van der Waals surface area contributed by atoms with Gasteiger partial charge in [0.1, 0.15) is 11.5 Å². The Labute approximate surface area is 151 Å². The third-order valence-corrected chi connectivity index (χ3v) is 4.40. The number of nitrogens with two attached hydrogens (primary N) is 1. The molecule has 0 saturated carbocycles. The Morgan fingerprint density at radius 3 is 2.56 bits per heavy atom. The van der Waals surface area contributed by atoms with Gasteiger partial charge >= 0.3 is 6.09 Å². The summed E-state index contributed by atoms with van der Waals surface area (Å²) in [6.45, 7) is 0.243. The first-order valence-corrected chi connectivity index (χ1v) is 9.04. The summed E-state index contributed by atoms with van der Waals surface area (Å²) in [5.74, 6) is 5.47. The van der Waals surface area contributed by atoms with Crippen molar-refractivity contribution in [3.8, 4) is 11.8 Å². The molecule has 8 heteroatoms. The van der Waals surface area contributed by atoms with Gasteiger partial charge in [-0.2, -0.15) is 0 Å². The number of sulfonamides is 1. The lowest BCUT2D eigenvalue weighted by Gasteiger charge is -2.04. The molecule has 130 valence electrons. The summed E-state index contributed by atoms with van der Waals surface area (Å²) in [6.07, 6.45) is -0.583. The summed E-state index contributed by atoms with van der Waals surface area (Å²) >= 11 is 5.86. The minimum atomic E-state index is -3.87. The second-order valence-corrected chi connectivity index (χ2v) is 6.84. The van der Waals surface area contributed by atoms with Crippen molar-refractivity contribution >= 4 is 27.7 Å². The molecule has 2 aromatic carbocycles. The van der Waals surface area contributed by atoms with E-state index >= 15 is 0 Å². The fourth-order valence-electron chi connectivity index (χ4n) is 1.85. The van der Waals surface area contributed by atoms with E-state index in [-0.39, 0.29) is 23.1 Å². The average Bonchev–Trinajstić information content (AvgIpc) is 2.57. The summed E-state index contributed by atoms with van der Waals surface area (Å²) < 4.78 is 27.6. The van der Waals surface area contributed by atoms with Crippen molar-refractivity contribution in [1.82, 2.24) is 5.32 Å². The molecule has 0 saturated heterocycles. The molecule has 0 spiro atoms. The summed E-state index contributed by atoms with van der Waals surface area (Å²) in [5, 5.41) is 7.50. The SMILES string of the molecule is NS(=O)(=O)c1ccc(C#CCNC(=O)OCc2ccccc2)cc1Cl. The lowest BCUT2D eigenvalue weighted by molar-refractivity contribution is 0.141. The van der Waals surface area contributed by atoms with Crippen LogP contribution >= 0.6 is 11.6 Å². The van der Waals surface area contributed by atoms with Crippen molar-refractivity contribution in [3.05, 3.63) is 64.7 Å². The predicted molar refractivity (Wildman–Crippen MR) is 94.3 cm³/mol. The minimum Gasteiger partial charge on any atom is -0.445 e. The molecular formula is C17H15ClN2O4S. The minimum absolute atomic E-state index is 0.00969. The molecule has 6 nitrogen and oxygen atoms in total. The van der Waals surface area contributed by atoms with Gasteiger partial charge in [-0.15, -0.1) is 0 Å². The van der Waals surface area contributed by atoms with E-state index in [9.17, 15) is 13.2 Å². The van der Waals surface area contributed by atoms with Gasteiger partial charge in [0.25, 0.3) is 0 Å². The molecule has 2 aromatic rings. The van der Waals surface area contributed by atoms with Crippen LogP contribution in [-0.2, 0) is 21.4 Å².